The van der Waals surface area contributed by atoms with Gasteiger partial charge in [0.1, 0.15) is 0 Å². The van der Waals surface area contributed by atoms with Crippen LogP contribution in [0.4, 0.5) is 10.5 Å². The molecule has 3 rings (SSSR count). The molecule has 3 nitrogen and oxygen atoms in total. The Bertz CT molecular complexity index is 595. The Labute approximate surface area is 113 Å². The van der Waals surface area contributed by atoms with Gasteiger partial charge in [0.15, 0.2) is 0 Å². The van der Waals surface area contributed by atoms with E-state index >= 15 is 0 Å². The standard InChI is InChI=1S/C16H16N2O/c1-17-12-14-9-5-6-10-15(14)18(16(17)19)11-13-7-3-2-4-8-13/h2-10H,11-12H2,1H3. The van der Waals surface area contributed by atoms with Crippen molar-refractivity contribution >= 4 is 11.7 Å². The summed E-state index contributed by atoms with van der Waals surface area (Å²) in [6.07, 6.45) is 0. The van der Waals surface area contributed by atoms with E-state index in [0.717, 1.165) is 11.3 Å². The van der Waals surface area contributed by atoms with Gasteiger partial charge in [-0.05, 0) is 17.2 Å². The maximum atomic E-state index is 12.3. The summed E-state index contributed by atoms with van der Waals surface area (Å²) < 4.78 is 0. The number of carbonyl (C=O) groups is 1. The number of carbonyl (C=O) groups excluding carboxylic acids is 1. The molecular weight excluding hydrogens is 236 g/mol. The summed E-state index contributed by atoms with van der Waals surface area (Å²) in [6, 6.07) is 18.2. The minimum absolute atomic E-state index is 0.0579. The maximum absolute atomic E-state index is 12.3. The third-order valence-electron chi connectivity index (χ3n) is 3.43. The predicted molar refractivity (Wildman–Crippen MR) is 75.9 cm³/mol. The smallest absolute Gasteiger partial charge is 0.323 e. The molecule has 2 amide bonds. The van der Waals surface area contributed by atoms with E-state index in [4.69, 9.17) is 0 Å². The highest BCUT2D eigenvalue weighted by Gasteiger charge is 2.27. The van der Waals surface area contributed by atoms with E-state index in [9.17, 15) is 4.79 Å². The normalized spacial score (nSPS) is 14.5. The number of hydrogen-bond acceptors (Lipinski definition) is 1. The average molecular weight is 252 g/mol. The molecule has 2 aromatic rings. The number of anilines is 1. The molecule has 0 spiro atoms. The van der Waals surface area contributed by atoms with Crippen molar-refractivity contribution in [1.82, 2.24) is 4.90 Å². The summed E-state index contributed by atoms with van der Waals surface area (Å²) >= 11 is 0. The van der Waals surface area contributed by atoms with Gasteiger partial charge < -0.3 is 4.90 Å². The summed E-state index contributed by atoms with van der Waals surface area (Å²) in [5, 5.41) is 0. The average Bonchev–Trinajstić information content (AvgIpc) is 2.45. The van der Waals surface area contributed by atoms with Gasteiger partial charge in [-0.25, -0.2) is 4.79 Å². The number of rotatable bonds is 2. The lowest BCUT2D eigenvalue weighted by molar-refractivity contribution is 0.210. The van der Waals surface area contributed by atoms with E-state index in [1.807, 2.05) is 60.5 Å². The SMILES string of the molecule is CN1Cc2ccccc2N(Cc2ccccc2)C1=O. The Morgan fingerprint density at radius 2 is 1.68 bits per heavy atom. The van der Waals surface area contributed by atoms with E-state index in [2.05, 4.69) is 6.07 Å². The number of nitrogens with zero attached hydrogens (tertiary/aromatic N) is 2. The molecule has 3 heteroatoms. The van der Waals surface area contributed by atoms with Gasteiger partial charge in [-0.1, -0.05) is 48.5 Å². The topological polar surface area (TPSA) is 23.6 Å². The molecule has 1 aliphatic heterocycles. The van der Waals surface area contributed by atoms with Crippen molar-refractivity contribution in [3.05, 3.63) is 65.7 Å². The molecule has 19 heavy (non-hydrogen) atoms. The molecule has 0 aliphatic carbocycles. The van der Waals surface area contributed by atoms with Crippen molar-refractivity contribution in [2.75, 3.05) is 11.9 Å². The first kappa shape index (κ1) is 11.8. The number of fused-ring (bicyclic) bond motifs is 1. The molecule has 0 N–H and O–H groups in total. The van der Waals surface area contributed by atoms with E-state index < -0.39 is 0 Å². The lowest BCUT2D eigenvalue weighted by atomic mass is 10.1. The lowest BCUT2D eigenvalue weighted by Crippen LogP contribution is -2.44. The van der Waals surface area contributed by atoms with Gasteiger partial charge in [0, 0.05) is 13.6 Å². The Hall–Kier alpha value is -2.29. The third kappa shape index (κ3) is 2.19. The molecule has 0 saturated heterocycles. The van der Waals surface area contributed by atoms with Gasteiger partial charge in [-0.15, -0.1) is 0 Å². The van der Waals surface area contributed by atoms with Crippen LogP contribution in [0.5, 0.6) is 0 Å². The number of urea groups is 1. The summed E-state index contributed by atoms with van der Waals surface area (Å²) in [6.45, 7) is 1.29. The van der Waals surface area contributed by atoms with E-state index in [1.165, 1.54) is 5.56 Å². The van der Waals surface area contributed by atoms with Crippen LogP contribution in [-0.2, 0) is 13.1 Å². The molecule has 0 atom stereocenters. The molecule has 1 heterocycles. The minimum atomic E-state index is 0.0579. The van der Waals surface area contributed by atoms with Crippen LogP contribution in [0.25, 0.3) is 0 Å². The number of benzene rings is 2. The van der Waals surface area contributed by atoms with Crippen LogP contribution in [0.15, 0.2) is 54.6 Å². The van der Waals surface area contributed by atoms with Crippen molar-refractivity contribution in [3.63, 3.8) is 0 Å². The van der Waals surface area contributed by atoms with Crippen molar-refractivity contribution in [1.29, 1.82) is 0 Å². The quantitative estimate of drug-likeness (QED) is 0.804. The highest BCUT2D eigenvalue weighted by atomic mass is 16.2. The number of para-hydroxylation sites is 1. The second-order valence-electron chi connectivity index (χ2n) is 4.84. The lowest BCUT2D eigenvalue weighted by Gasteiger charge is -2.35. The Morgan fingerprint density at radius 3 is 2.47 bits per heavy atom. The van der Waals surface area contributed by atoms with Crippen LogP contribution >= 0.6 is 0 Å². The minimum Gasteiger partial charge on any atom is -0.323 e. The van der Waals surface area contributed by atoms with Crippen molar-refractivity contribution in [3.8, 4) is 0 Å². The van der Waals surface area contributed by atoms with Gasteiger partial charge in [-0.2, -0.15) is 0 Å². The molecule has 0 fully saturated rings. The molecule has 1 aliphatic rings. The second kappa shape index (κ2) is 4.76. The van der Waals surface area contributed by atoms with Gasteiger partial charge in [0.25, 0.3) is 0 Å². The zero-order chi connectivity index (χ0) is 13.2. The van der Waals surface area contributed by atoms with Crippen LogP contribution in [0.3, 0.4) is 0 Å². The molecule has 0 radical (unpaired) electrons. The molecule has 0 saturated carbocycles. The Kier molecular flexibility index (Phi) is 2.95. The fourth-order valence-corrected chi connectivity index (χ4v) is 2.46. The van der Waals surface area contributed by atoms with Crippen LogP contribution in [0.2, 0.25) is 0 Å². The number of amides is 2. The van der Waals surface area contributed by atoms with Gasteiger partial charge >= 0.3 is 6.03 Å². The van der Waals surface area contributed by atoms with Gasteiger partial charge in [-0.3, -0.25) is 4.90 Å². The fourth-order valence-electron chi connectivity index (χ4n) is 2.46. The fraction of sp³-hybridized carbons (Fsp3) is 0.188. The summed E-state index contributed by atoms with van der Waals surface area (Å²) in [5.74, 6) is 0. The molecule has 96 valence electrons. The van der Waals surface area contributed by atoms with Crippen LogP contribution in [0.1, 0.15) is 11.1 Å². The monoisotopic (exact) mass is 252 g/mol. The van der Waals surface area contributed by atoms with Crippen molar-refractivity contribution in [2.24, 2.45) is 0 Å². The first-order chi connectivity index (χ1) is 9.25. The second-order valence-corrected chi connectivity index (χ2v) is 4.84. The summed E-state index contributed by atoms with van der Waals surface area (Å²) in [7, 11) is 1.84. The first-order valence-electron chi connectivity index (χ1n) is 6.40. The Morgan fingerprint density at radius 1 is 1.00 bits per heavy atom. The van der Waals surface area contributed by atoms with Gasteiger partial charge in [0.2, 0.25) is 0 Å². The van der Waals surface area contributed by atoms with Crippen LogP contribution in [0, 0.1) is 0 Å². The molecular formula is C16H16N2O. The van der Waals surface area contributed by atoms with Crippen molar-refractivity contribution in [2.45, 2.75) is 13.1 Å². The van der Waals surface area contributed by atoms with E-state index in [0.29, 0.717) is 13.1 Å². The first-order valence-corrected chi connectivity index (χ1v) is 6.40. The molecule has 0 aromatic heterocycles. The molecule has 0 unspecified atom stereocenters. The third-order valence-corrected chi connectivity index (χ3v) is 3.43. The highest BCUT2D eigenvalue weighted by molar-refractivity contribution is 5.94. The molecule has 2 aromatic carbocycles. The van der Waals surface area contributed by atoms with E-state index in [1.54, 1.807) is 4.90 Å². The highest BCUT2D eigenvalue weighted by Crippen LogP contribution is 2.28. The van der Waals surface area contributed by atoms with Crippen molar-refractivity contribution < 1.29 is 4.79 Å². The van der Waals surface area contributed by atoms with E-state index in [-0.39, 0.29) is 6.03 Å². The van der Waals surface area contributed by atoms with Crippen LogP contribution < -0.4 is 4.90 Å². The van der Waals surface area contributed by atoms with Gasteiger partial charge in [0.05, 0.1) is 12.2 Å². The predicted octanol–water partition coefficient (Wildman–Crippen LogP) is 3.26. The summed E-state index contributed by atoms with van der Waals surface area (Å²) in [4.78, 5) is 15.9. The largest absolute Gasteiger partial charge is 0.324 e. The number of hydrogen-bond donors (Lipinski definition) is 0. The van der Waals surface area contributed by atoms with Crippen LogP contribution in [-0.4, -0.2) is 18.0 Å². The molecule has 0 bridgehead atoms. The Balaban J connectivity index is 1.97. The zero-order valence-electron chi connectivity index (χ0n) is 10.9. The summed E-state index contributed by atoms with van der Waals surface area (Å²) in [5.41, 5.74) is 3.36. The maximum Gasteiger partial charge on any atom is 0.324 e. The zero-order valence-corrected chi connectivity index (χ0v) is 10.9.